The summed E-state index contributed by atoms with van der Waals surface area (Å²) in [5.41, 5.74) is 0. The summed E-state index contributed by atoms with van der Waals surface area (Å²) in [6, 6.07) is 4.55. The van der Waals surface area contributed by atoms with Gasteiger partial charge in [0.1, 0.15) is 5.75 Å². The van der Waals surface area contributed by atoms with E-state index in [4.69, 9.17) is 27.9 Å². The van der Waals surface area contributed by atoms with Crippen molar-refractivity contribution in [2.45, 2.75) is 12.8 Å². The second-order valence-electron chi connectivity index (χ2n) is 4.52. The van der Waals surface area contributed by atoms with Crippen molar-refractivity contribution in [2.75, 3.05) is 11.5 Å². The Morgan fingerprint density at radius 1 is 1.37 bits per heavy atom. The average molecular weight is 323 g/mol. The molecule has 0 saturated carbocycles. The molecule has 0 amide bonds. The minimum atomic E-state index is -2.98. The van der Waals surface area contributed by atoms with Crippen molar-refractivity contribution in [3.05, 3.63) is 28.2 Å². The Morgan fingerprint density at radius 2 is 2.11 bits per heavy atom. The number of hydrogen-bond donors (Lipinski definition) is 0. The molecule has 1 aliphatic heterocycles. The summed E-state index contributed by atoms with van der Waals surface area (Å²) in [5.74, 6) is -0.213. The molecule has 1 fully saturated rings. The summed E-state index contributed by atoms with van der Waals surface area (Å²) >= 11 is 11.6. The smallest absolute Gasteiger partial charge is 0.311 e. The molecular weight excluding hydrogens is 311 g/mol. The van der Waals surface area contributed by atoms with E-state index in [1.54, 1.807) is 6.07 Å². The Balaban J connectivity index is 1.95. The van der Waals surface area contributed by atoms with Crippen molar-refractivity contribution < 1.29 is 17.9 Å². The fourth-order valence-electron chi connectivity index (χ4n) is 1.99. The summed E-state index contributed by atoms with van der Waals surface area (Å²) in [4.78, 5) is 11.7. The zero-order valence-electron chi connectivity index (χ0n) is 9.93. The number of ether oxygens (including phenoxy) is 1. The summed E-state index contributed by atoms with van der Waals surface area (Å²) in [6.07, 6.45) is 0.587. The number of sulfone groups is 1. The summed E-state index contributed by atoms with van der Waals surface area (Å²) in [5, 5.41) is 0.701. The van der Waals surface area contributed by atoms with Crippen LogP contribution in [0.4, 0.5) is 0 Å². The van der Waals surface area contributed by atoms with Crippen molar-refractivity contribution in [3.63, 3.8) is 0 Å². The van der Waals surface area contributed by atoms with Crippen LogP contribution in [0.15, 0.2) is 18.2 Å². The maximum absolute atomic E-state index is 11.7. The molecule has 1 aromatic carbocycles. The van der Waals surface area contributed by atoms with Gasteiger partial charge in [0.2, 0.25) is 0 Å². The Morgan fingerprint density at radius 3 is 2.68 bits per heavy atom. The highest BCUT2D eigenvalue weighted by molar-refractivity contribution is 7.91. The number of rotatable bonds is 3. The molecule has 0 unspecified atom stereocenters. The van der Waals surface area contributed by atoms with E-state index >= 15 is 0 Å². The van der Waals surface area contributed by atoms with E-state index in [0.717, 1.165) is 0 Å². The molecule has 19 heavy (non-hydrogen) atoms. The minimum absolute atomic E-state index is 0.0520. The summed E-state index contributed by atoms with van der Waals surface area (Å²) < 4.78 is 27.7. The molecule has 104 valence electrons. The standard InChI is InChI=1S/C12H12Cl2O4S/c13-9-1-2-11(10(14)6-9)18-12(15)5-8-3-4-19(16,17)7-8/h1-2,6,8H,3-5,7H2/t8-/m0/s1. The Kier molecular flexibility index (Phi) is 4.38. The van der Waals surface area contributed by atoms with Crippen molar-refractivity contribution in [3.8, 4) is 5.75 Å². The first-order valence-corrected chi connectivity index (χ1v) is 8.29. The lowest BCUT2D eigenvalue weighted by atomic mass is 10.1. The molecule has 0 spiro atoms. The van der Waals surface area contributed by atoms with Crippen LogP contribution in [-0.4, -0.2) is 25.9 Å². The zero-order chi connectivity index (χ0) is 14.0. The molecule has 1 aliphatic rings. The Hall–Kier alpha value is -0.780. The molecule has 0 N–H and O–H groups in total. The van der Waals surface area contributed by atoms with Gasteiger partial charge in [-0.05, 0) is 30.5 Å². The molecule has 1 atom stereocenters. The second-order valence-corrected chi connectivity index (χ2v) is 7.59. The lowest BCUT2D eigenvalue weighted by Crippen LogP contribution is -2.15. The van der Waals surface area contributed by atoms with Crippen LogP contribution in [0.2, 0.25) is 10.0 Å². The molecule has 1 saturated heterocycles. The lowest BCUT2D eigenvalue weighted by Gasteiger charge is -2.09. The normalized spacial score (nSPS) is 21.3. The van der Waals surface area contributed by atoms with Crippen molar-refractivity contribution in [2.24, 2.45) is 5.92 Å². The van der Waals surface area contributed by atoms with Crippen LogP contribution >= 0.6 is 23.2 Å². The van der Waals surface area contributed by atoms with Crippen molar-refractivity contribution in [1.29, 1.82) is 0 Å². The third-order valence-corrected chi connectivity index (χ3v) is 5.27. The predicted octanol–water partition coefficient (Wildman–Crippen LogP) is 2.72. The van der Waals surface area contributed by atoms with Gasteiger partial charge in [0, 0.05) is 11.4 Å². The van der Waals surface area contributed by atoms with Gasteiger partial charge < -0.3 is 4.74 Å². The van der Waals surface area contributed by atoms with Gasteiger partial charge in [-0.25, -0.2) is 8.42 Å². The quantitative estimate of drug-likeness (QED) is 0.634. The predicted molar refractivity (Wildman–Crippen MR) is 73.5 cm³/mol. The van der Waals surface area contributed by atoms with E-state index in [2.05, 4.69) is 0 Å². The van der Waals surface area contributed by atoms with Crippen molar-refractivity contribution >= 4 is 39.0 Å². The van der Waals surface area contributed by atoms with E-state index in [1.165, 1.54) is 12.1 Å². The van der Waals surface area contributed by atoms with E-state index in [9.17, 15) is 13.2 Å². The number of hydrogen-bond acceptors (Lipinski definition) is 4. The van der Waals surface area contributed by atoms with Gasteiger partial charge in [-0.2, -0.15) is 0 Å². The number of benzene rings is 1. The lowest BCUT2D eigenvalue weighted by molar-refractivity contribution is -0.135. The van der Waals surface area contributed by atoms with Gasteiger partial charge >= 0.3 is 5.97 Å². The first-order chi connectivity index (χ1) is 8.85. The van der Waals surface area contributed by atoms with E-state index < -0.39 is 15.8 Å². The highest BCUT2D eigenvalue weighted by atomic mass is 35.5. The molecule has 0 aromatic heterocycles. The van der Waals surface area contributed by atoms with Crippen LogP contribution < -0.4 is 4.74 Å². The molecule has 1 heterocycles. The van der Waals surface area contributed by atoms with Gasteiger partial charge in [-0.3, -0.25) is 4.79 Å². The third-order valence-electron chi connectivity index (χ3n) is 2.90. The fraction of sp³-hybridized carbons (Fsp3) is 0.417. The van der Waals surface area contributed by atoms with Crippen LogP contribution in [0.1, 0.15) is 12.8 Å². The van der Waals surface area contributed by atoms with Gasteiger partial charge in [0.25, 0.3) is 0 Å². The largest absolute Gasteiger partial charge is 0.425 e. The highest BCUT2D eigenvalue weighted by Gasteiger charge is 2.30. The van der Waals surface area contributed by atoms with Crippen LogP contribution in [0.25, 0.3) is 0 Å². The molecule has 7 heteroatoms. The molecule has 0 aliphatic carbocycles. The van der Waals surface area contributed by atoms with E-state index in [0.29, 0.717) is 11.4 Å². The summed E-state index contributed by atoms with van der Waals surface area (Å²) in [6.45, 7) is 0. The third kappa shape index (κ3) is 4.09. The SMILES string of the molecule is O=C(C[C@@H]1CCS(=O)(=O)C1)Oc1ccc(Cl)cc1Cl. The van der Waals surface area contributed by atoms with Gasteiger partial charge in [0.15, 0.2) is 9.84 Å². The maximum atomic E-state index is 11.7. The van der Waals surface area contributed by atoms with E-state index in [1.807, 2.05) is 0 Å². The van der Waals surface area contributed by atoms with Crippen LogP contribution in [-0.2, 0) is 14.6 Å². The number of carbonyl (C=O) groups excluding carboxylic acids is 1. The van der Waals surface area contributed by atoms with Crippen LogP contribution in [0, 0.1) is 5.92 Å². The number of halogens is 2. The molecular formula is C12H12Cl2O4S. The second kappa shape index (κ2) is 5.69. The number of carbonyl (C=O) groups is 1. The molecule has 2 rings (SSSR count). The minimum Gasteiger partial charge on any atom is -0.425 e. The van der Waals surface area contributed by atoms with Gasteiger partial charge in [0.05, 0.1) is 16.5 Å². The van der Waals surface area contributed by atoms with Crippen molar-refractivity contribution in [1.82, 2.24) is 0 Å². The molecule has 0 bridgehead atoms. The summed E-state index contributed by atoms with van der Waals surface area (Å²) in [7, 11) is -2.98. The van der Waals surface area contributed by atoms with Crippen LogP contribution in [0.5, 0.6) is 5.75 Å². The van der Waals surface area contributed by atoms with E-state index in [-0.39, 0.29) is 34.6 Å². The first-order valence-electron chi connectivity index (χ1n) is 5.72. The number of esters is 1. The Labute approximate surface area is 121 Å². The van der Waals surface area contributed by atoms with Crippen LogP contribution in [0.3, 0.4) is 0 Å². The van der Waals surface area contributed by atoms with Gasteiger partial charge in [-0.1, -0.05) is 23.2 Å². The Bertz CT molecular complexity index is 598. The maximum Gasteiger partial charge on any atom is 0.311 e. The average Bonchev–Trinajstić information content (AvgIpc) is 2.62. The first kappa shape index (κ1) is 14.6. The molecule has 1 aromatic rings. The highest BCUT2D eigenvalue weighted by Crippen LogP contribution is 2.29. The fourth-order valence-corrected chi connectivity index (χ4v) is 4.30. The molecule has 4 nitrogen and oxygen atoms in total. The zero-order valence-corrected chi connectivity index (χ0v) is 12.3. The molecule has 0 radical (unpaired) electrons. The van der Waals surface area contributed by atoms with Gasteiger partial charge in [-0.15, -0.1) is 0 Å². The topological polar surface area (TPSA) is 60.4 Å². The monoisotopic (exact) mass is 322 g/mol.